The number of hydrogen-bond acceptors (Lipinski definition) is 5. The minimum Gasteiger partial charge on any atom is -0.508 e. The van der Waals surface area contributed by atoms with Crippen molar-refractivity contribution < 1.29 is 14.7 Å². The first-order chi connectivity index (χ1) is 14.4. The lowest BCUT2D eigenvalue weighted by molar-refractivity contribution is -0.120. The van der Waals surface area contributed by atoms with Crippen molar-refractivity contribution in [1.29, 1.82) is 0 Å². The van der Waals surface area contributed by atoms with Crippen molar-refractivity contribution in [1.82, 2.24) is 5.43 Å². The van der Waals surface area contributed by atoms with Crippen molar-refractivity contribution in [3.8, 4) is 5.75 Å². The third-order valence-corrected chi connectivity index (χ3v) is 5.56. The minimum absolute atomic E-state index is 0.134. The van der Waals surface area contributed by atoms with E-state index in [1.54, 1.807) is 54.7 Å². The van der Waals surface area contributed by atoms with Crippen LogP contribution >= 0.6 is 11.3 Å². The highest BCUT2D eigenvalue weighted by Crippen LogP contribution is 2.17. The summed E-state index contributed by atoms with van der Waals surface area (Å²) in [6, 6.07) is 15.7. The number of rotatable bonds is 7. The van der Waals surface area contributed by atoms with E-state index >= 15 is 0 Å². The Bertz CT molecular complexity index is 1050. The van der Waals surface area contributed by atoms with Crippen LogP contribution < -0.4 is 10.7 Å². The fourth-order valence-electron chi connectivity index (χ4n) is 2.73. The average molecular weight is 422 g/mol. The molecule has 1 aromatic heterocycles. The molecule has 0 unspecified atom stereocenters. The van der Waals surface area contributed by atoms with Gasteiger partial charge in [-0.05, 0) is 54.8 Å². The second-order valence-corrected chi connectivity index (χ2v) is 7.76. The van der Waals surface area contributed by atoms with Gasteiger partial charge in [0.1, 0.15) is 5.75 Å². The third kappa shape index (κ3) is 5.78. The number of hydrazone groups is 1. The number of carbonyl (C=O) groups excluding carboxylic acids is 2. The molecule has 30 heavy (non-hydrogen) atoms. The summed E-state index contributed by atoms with van der Waals surface area (Å²) in [5.74, 6) is -0.217. The number of phenols is 1. The quantitative estimate of drug-likeness (QED) is 0.391. The molecule has 1 heterocycles. The molecule has 0 bridgehead atoms. The second kappa shape index (κ2) is 9.84. The van der Waals surface area contributed by atoms with Gasteiger partial charge in [0.2, 0.25) is 5.91 Å². The van der Waals surface area contributed by atoms with Crippen LogP contribution in [-0.4, -0.2) is 22.6 Å². The first-order valence-electron chi connectivity index (χ1n) is 9.55. The zero-order chi connectivity index (χ0) is 21.5. The van der Waals surface area contributed by atoms with Gasteiger partial charge in [0.25, 0.3) is 5.91 Å². The molecule has 0 aliphatic carbocycles. The predicted octanol–water partition coefficient (Wildman–Crippen LogP) is 4.35. The summed E-state index contributed by atoms with van der Waals surface area (Å²) >= 11 is 1.58. The smallest absolute Gasteiger partial charge is 0.256 e. The Morgan fingerprint density at radius 2 is 1.73 bits per heavy atom. The van der Waals surface area contributed by atoms with Crippen LogP contribution in [0.5, 0.6) is 5.75 Å². The van der Waals surface area contributed by atoms with E-state index in [2.05, 4.69) is 22.8 Å². The van der Waals surface area contributed by atoms with E-state index in [0.717, 1.165) is 17.5 Å². The molecular weight excluding hydrogens is 398 g/mol. The summed E-state index contributed by atoms with van der Waals surface area (Å²) < 4.78 is 0. The molecule has 0 atom stereocenters. The molecule has 0 spiro atoms. The molecule has 3 aromatic rings. The van der Waals surface area contributed by atoms with E-state index in [4.69, 9.17) is 0 Å². The van der Waals surface area contributed by atoms with Gasteiger partial charge in [-0.1, -0.05) is 31.2 Å². The molecule has 0 saturated heterocycles. The van der Waals surface area contributed by atoms with Crippen molar-refractivity contribution >= 4 is 34.6 Å². The lowest BCUT2D eigenvalue weighted by Crippen LogP contribution is -2.21. The number of phenolic OH excluding ortho intramolecular Hbond substituents is 1. The van der Waals surface area contributed by atoms with Gasteiger partial charge >= 0.3 is 0 Å². The van der Waals surface area contributed by atoms with Crippen LogP contribution in [0.25, 0.3) is 0 Å². The summed E-state index contributed by atoms with van der Waals surface area (Å²) in [5, 5.41) is 18.2. The molecule has 0 aliphatic rings. The van der Waals surface area contributed by atoms with Crippen molar-refractivity contribution in [3.63, 3.8) is 0 Å². The number of thiophene rings is 1. The van der Waals surface area contributed by atoms with Crippen LogP contribution in [-0.2, 0) is 17.6 Å². The van der Waals surface area contributed by atoms with Crippen LogP contribution in [0.4, 0.5) is 5.69 Å². The maximum atomic E-state index is 12.3. The molecule has 0 saturated carbocycles. The van der Waals surface area contributed by atoms with Gasteiger partial charge in [-0.15, -0.1) is 11.3 Å². The molecule has 0 aliphatic heterocycles. The Kier molecular flexibility index (Phi) is 6.98. The minimum atomic E-state index is -0.244. The Hall–Kier alpha value is -3.45. The summed E-state index contributed by atoms with van der Waals surface area (Å²) in [5.41, 5.74) is 6.16. The molecule has 3 N–H and O–H groups in total. The number of aryl methyl sites for hydroxylation is 1. The zero-order valence-electron chi connectivity index (χ0n) is 16.8. The van der Waals surface area contributed by atoms with Gasteiger partial charge in [-0.3, -0.25) is 9.59 Å². The summed E-state index contributed by atoms with van der Waals surface area (Å²) in [7, 11) is 0. The van der Waals surface area contributed by atoms with Crippen LogP contribution in [0.15, 0.2) is 65.1 Å². The number of anilines is 1. The number of amides is 2. The van der Waals surface area contributed by atoms with E-state index in [1.165, 1.54) is 4.88 Å². The standard InChI is InChI=1S/C23H23N3O3S/c1-3-21-13-18(14-30-21)23(29)24-19-8-6-17(7-9-19)15(2)25-26-22(28)12-16-4-10-20(27)11-5-16/h4-11,13-14,27H,3,12H2,1-2H3,(H,24,29)(H,26,28)/b25-15+. The van der Waals surface area contributed by atoms with Crippen molar-refractivity contribution in [2.24, 2.45) is 5.10 Å². The van der Waals surface area contributed by atoms with Gasteiger partial charge in [0.15, 0.2) is 0 Å². The second-order valence-electron chi connectivity index (χ2n) is 6.76. The number of aromatic hydroxyl groups is 1. The Morgan fingerprint density at radius 3 is 2.37 bits per heavy atom. The van der Waals surface area contributed by atoms with Crippen molar-refractivity contribution in [2.45, 2.75) is 26.7 Å². The Balaban J connectivity index is 1.55. The SMILES string of the molecule is CCc1cc(C(=O)Nc2ccc(/C(C)=N/NC(=O)Cc3ccc(O)cc3)cc2)cs1. The maximum Gasteiger partial charge on any atom is 0.256 e. The number of benzene rings is 2. The van der Waals surface area contributed by atoms with Crippen molar-refractivity contribution in [3.05, 3.63) is 81.5 Å². The van der Waals surface area contributed by atoms with E-state index in [9.17, 15) is 14.7 Å². The van der Waals surface area contributed by atoms with Gasteiger partial charge in [-0.2, -0.15) is 5.10 Å². The summed E-state index contributed by atoms with van der Waals surface area (Å²) in [6.07, 6.45) is 1.08. The Labute approximate surface area is 179 Å². The van der Waals surface area contributed by atoms with E-state index in [-0.39, 0.29) is 24.0 Å². The number of nitrogens with zero attached hydrogens (tertiary/aromatic N) is 1. The number of hydrogen-bond donors (Lipinski definition) is 3. The lowest BCUT2D eigenvalue weighted by Gasteiger charge is -2.06. The van der Waals surface area contributed by atoms with Crippen molar-refractivity contribution in [2.75, 3.05) is 5.32 Å². The highest BCUT2D eigenvalue weighted by Gasteiger charge is 2.09. The average Bonchev–Trinajstić information content (AvgIpc) is 3.24. The van der Waals surface area contributed by atoms with Crippen LogP contribution in [0.1, 0.15) is 40.2 Å². The molecule has 2 amide bonds. The highest BCUT2D eigenvalue weighted by molar-refractivity contribution is 7.10. The predicted molar refractivity (Wildman–Crippen MR) is 120 cm³/mol. The molecule has 0 fully saturated rings. The van der Waals surface area contributed by atoms with Gasteiger partial charge in [-0.25, -0.2) is 5.43 Å². The van der Waals surface area contributed by atoms with Gasteiger partial charge < -0.3 is 10.4 Å². The first kappa shape index (κ1) is 21.3. The molecule has 3 rings (SSSR count). The van der Waals surface area contributed by atoms with Gasteiger partial charge in [0.05, 0.1) is 17.7 Å². The topological polar surface area (TPSA) is 90.8 Å². The first-order valence-corrected chi connectivity index (χ1v) is 10.4. The van der Waals surface area contributed by atoms with Crippen LogP contribution in [0.2, 0.25) is 0 Å². The largest absolute Gasteiger partial charge is 0.508 e. The molecule has 0 radical (unpaired) electrons. The molecule has 6 nitrogen and oxygen atoms in total. The normalized spacial score (nSPS) is 11.2. The molecule has 2 aromatic carbocycles. The van der Waals surface area contributed by atoms with E-state index < -0.39 is 0 Å². The Morgan fingerprint density at radius 1 is 1.03 bits per heavy atom. The van der Waals surface area contributed by atoms with E-state index in [0.29, 0.717) is 17.0 Å². The third-order valence-electron chi connectivity index (χ3n) is 4.47. The molecule has 154 valence electrons. The summed E-state index contributed by atoms with van der Waals surface area (Å²) in [6.45, 7) is 3.86. The number of carbonyl (C=O) groups is 2. The van der Waals surface area contributed by atoms with Gasteiger partial charge in [0, 0.05) is 15.9 Å². The fraction of sp³-hybridized carbons (Fsp3) is 0.174. The number of nitrogens with one attached hydrogen (secondary N) is 2. The molecule has 7 heteroatoms. The molecular formula is C23H23N3O3S. The highest BCUT2D eigenvalue weighted by atomic mass is 32.1. The van der Waals surface area contributed by atoms with Crippen LogP contribution in [0, 0.1) is 0 Å². The summed E-state index contributed by atoms with van der Waals surface area (Å²) in [4.78, 5) is 25.5. The zero-order valence-corrected chi connectivity index (χ0v) is 17.6. The fourth-order valence-corrected chi connectivity index (χ4v) is 3.55. The van der Waals surface area contributed by atoms with Crippen LogP contribution in [0.3, 0.4) is 0 Å². The van der Waals surface area contributed by atoms with E-state index in [1.807, 2.05) is 23.6 Å². The monoisotopic (exact) mass is 421 g/mol. The maximum absolute atomic E-state index is 12.3. The lowest BCUT2D eigenvalue weighted by atomic mass is 10.1.